The summed E-state index contributed by atoms with van der Waals surface area (Å²) in [5.74, 6) is 0.0179. The molecule has 2 N–H and O–H groups in total. The zero-order valence-corrected chi connectivity index (χ0v) is 13.8. The molecule has 5 nitrogen and oxygen atoms in total. The first-order chi connectivity index (χ1) is 10.6. The number of nitrogens with zero attached hydrogens (tertiary/aromatic N) is 1. The second-order valence-electron chi connectivity index (χ2n) is 5.46. The van der Waals surface area contributed by atoms with Gasteiger partial charge in [0.1, 0.15) is 0 Å². The van der Waals surface area contributed by atoms with E-state index in [4.69, 9.17) is 16.3 Å². The Bertz CT molecular complexity index is 490. The largest absolute Gasteiger partial charge is 0.379 e. The smallest absolute Gasteiger partial charge is 0.225 e. The number of nitrogens with one attached hydrogen (secondary N) is 2. The first kappa shape index (κ1) is 17.2. The second-order valence-corrected chi connectivity index (χ2v) is 5.90. The van der Waals surface area contributed by atoms with E-state index in [1.807, 2.05) is 19.1 Å². The maximum atomic E-state index is 11.9. The minimum atomic E-state index is 0.0179. The minimum Gasteiger partial charge on any atom is -0.379 e. The van der Waals surface area contributed by atoms with E-state index in [-0.39, 0.29) is 5.91 Å². The molecule has 1 saturated heterocycles. The summed E-state index contributed by atoms with van der Waals surface area (Å²) in [4.78, 5) is 14.3. The van der Waals surface area contributed by atoms with Crippen molar-refractivity contribution in [2.75, 3.05) is 51.3 Å². The summed E-state index contributed by atoms with van der Waals surface area (Å²) in [6.45, 7) is 8.15. The molecule has 122 valence electrons. The van der Waals surface area contributed by atoms with Crippen molar-refractivity contribution in [2.24, 2.45) is 0 Å². The Morgan fingerprint density at radius 3 is 2.82 bits per heavy atom. The van der Waals surface area contributed by atoms with Crippen LogP contribution in [0.25, 0.3) is 0 Å². The van der Waals surface area contributed by atoms with Gasteiger partial charge in [0.15, 0.2) is 0 Å². The lowest BCUT2D eigenvalue weighted by molar-refractivity contribution is -0.116. The van der Waals surface area contributed by atoms with Crippen LogP contribution in [0, 0.1) is 6.92 Å². The number of ether oxygens (including phenoxy) is 1. The molecule has 0 aliphatic carbocycles. The van der Waals surface area contributed by atoms with Gasteiger partial charge in [0, 0.05) is 49.9 Å². The standard InChI is InChI=1S/C16H24ClN3O2/c1-13-12-14(17)2-3-15(13)19-16(21)4-5-18-6-7-20-8-10-22-11-9-20/h2-3,12,18H,4-11H2,1H3,(H,19,21). The number of anilines is 1. The van der Waals surface area contributed by atoms with Gasteiger partial charge in [0.25, 0.3) is 0 Å². The van der Waals surface area contributed by atoms with Crippen LogP contribution in [0.1, 0.15) is 12.0 Å². The first-order valence-electron chi connectivity index (χ1n) is 7.72. The molecule has 22 heavy (non-hydrogen) atoms. The Labute approximate surface area is 137 Å². The van der Waals surface area contributed by atoms with Gasteiger partial charge in [-0.15, -0.1) is 0 Å². The lowest BCUT2D eigenvalue weighted by atomic mass is 10.2. The van der Waals surface area contributed by atoms with Crippen LogP contribution in [-0.2, 0) is 9.53 Å². The SMILES string of the molecule is Cc1cc(Cl)ccc1NC(=O)CCNCCN1CCOCC1. The second kappa shape index (κ2) is 9.10. The molecule has 0 spiro atoms. The average molecular weight is 326 g/mol. The molecular weight excluding hydrogens is 302 g/mol. The summed E-state index contributed by atoms with van der Waals surface area (Å²) in [6, 6.07) is 5.46. The van der Waals surface area contributed by atoms with Crippen LogP contribution in [0.5, 0.6) is 0 Å². The molecule has 0 aromatic heterocycles. The molecule has 1 aromatic rings. The van der Waals surface area contributed by atoms with E-state index < -0.39 is 0 Å². The average Bonchev–Trinajstić information content (AvgIpc) is 2.51. The van der Waals surface area contributed by atoms with E-state index in [1.165, 1.54) is 0 Å². The predicted octanol–water partition coefficient (Wildman–Crippen LogP) is 1.90. The molecule has 1 aliphatic rings. The molecule has 0 saturated carbocycles. The number of aryl methyl sites for hydroxylation is 1. The normalized spacial score (nSPS) is 15.7. The van der Waals surface area contributed by atoms with Crippen LogP contribution >= 0.6 is 11.6 Å². The van der Waals surface area contributed by atoms with E-state index in [2.05, 4.69) is 15.5 Å². The Balaban J connectivity index is 1.59. The number of morpholine rings is 1. The Morgan fingerprint density at radius 1 is 1.32 bits per heavy atom. The zero-order chi connectivity index (χ0) is 15.8. The van der Waals surface area contributed by atoms with E-state index in [0.29, 0.717) is 18.0 Å². The lowest BCUT2D eigenvalue weighted by Crippen LogP contribution is -2.40. The molecule has 2 rings (SSSR count). The van der Waals surface area contributed by atoms with Gasteiger partial charge in [-0.3, -0.25) is 9.69 Å². The van der Waals surface area contributed by atoms with Gasteiger partial charge < -0.3 is 15.4 Å². The van der Waals surface area contributed by atoms with E-state index in [9.17, 15) is 4.79 Å². The molecule has 1 amide bonds. The van der Waals surface area contributed by atoms with Gasteiger partial charge in [-0.25, -0.2) is 0 Å². The van der Waals surface area contributed by atoms with Crippen molar-refractivity contribution in [2.45, 2.75) is 13.3 Å². The van der Waals surface area contributed by atoms with Crippen LogP contribution in [0.4, 0.5) is 5.69 Å². The minimum absolute atomic E-state index is 0.0179. The molecule has 6 heteroatoms. The van der Waals surface area contributed by atoms with E-state index in [1.54, 1.807) is 6.07 Å². The molecule has 1 aliphatic heterocycles. The molecular formula is C16H24ClN3O2. The fourth-order valence-corrected chi connectivity index (χ4v) is 2.60. The highest BCUT2D eigenvalue weighted by Crippen LogP contribution is 2.19. The Morgan fingerprint density at radius 2 is 2.09 bits per heavy atom. The number of amides is 1. The van der Waals surface area contributed by atoms with Gasteiger partial charge in [0.2, 0.25) is 5.91 Å². The summed E-state index contributed by atoms with van der Waals surface area (Å²) in [5.41, 5.74) is 1.80. The summed E-state index contributed by atoms with van der Waals surface area (Å²) < 4.78 is 5.31. The third-order valence-electron chi connectivity index (χ3n) is 3.70. The molecule has 1 heterocycles. The van der Waals surface area contributed by atoms with Crippen molar-refractivity contribution in [3.63, 3.8) is 0 Å². The van der Waals surface area contributed by atoms with Crippen LogP contribution in [0.2, 0.25) is 5.02 Å². The third-order valence-corrected chi connectivity index (χ3v) is 3.93. The monoisotopic (exact) mass is 325 g/mol. The Hall–Kier alpha value is -1.14. The molecule has 0 bridgehead atoms. The molecule has 1 fully saturated rings. The number of hydrogen-bond acceptors (Lipinski definition) is 4. The van der Waals surface area contributed by atoms with Crippen molar-refractivity contribution in [1.82, 2.24) is 10.2 Å². The van der Waals surface area contributed by atoms with Gasteiger partial charge in [0.05, 0.1) is 13.2 Å². The quantitative estimate of drug-likeness (QED) is 0.752. The number of benzene rings is 1. The summed E-state index contributed by atoms with van der Waals surface area (Å²) in [6.07, 6.45) is 0.463. The number of carbonyl (C=O) groups is 1. The maximum Gasteiger partial charge on any atom is 0.225 e. The zero-order valence-electron chi connectivity index (χ0n) is 13.0. The number of carbonyl (C=O) groups excluding carboxylic acids is 1. The number of hydrogen-bond donors (Lipinski definition) is 2. The van der Waals surface area contributed by atoms with Gasteiger partial charge >= 0.3 is 0 Å². The summed E-state index contributed by atoms with van der Waals surface area (Å²) in [5, 5.41) is 6.90. The molecule has 1 aromatic carbocycles. The first-order valence-corrected chi connectivity index (χ1v) is 8.10. The van der Waals surface area contributed by atoms with Crippen LogP contribution < -0.4 is 10.6 Å². The lowest BCUT2D eigenvalue weighted by Gasteiger charge is -2.26. The van der Waals surface area contributed by atoms with Crippen molar-refractivity contribution in [1.29, 1.82) is 0 Å². The van der Waals surface area contributed by atoms with Crippen molar-refractivity contribution in [3.05, 3.63) is 28.8 Å². The van der Waals surface area contributed by atoms with Gasteiger partial charge in [-0.2, -0.15) is 0 Å². The fourth-order valence-electron chi connectivity index (χ4n) is 2.37. The van der Waals surface area contributed by atoms with Crippen LogP contribution in [0.15, 0.2) is 18.2 Å². The highest BCUT2D eigenvalue weighted by molar-refractivity contribution is 6.30. The topological polar surface area (TPSA) is 53.6 Å². The molecule has 0 unspecified atom stereocenters. The van der Waals surface area contributed by atoms with Crippen LogP contribution in [0.3, 0.4) is 0 Å². The maximum absolute atomic E-state index is 11.9. The van der Waals surface area contributed by atoms with Gasteiger partial charge in [-0.05, 0) is 30.7 Å². The Kier molecular flexibility index (Phi) is 7.12. The third kappa shape index (κ3) is 5.93. The van der Waals surface area contributed by atoms with Crippen molar-refractivity contribution < 1.29 is 9.53 Å². The highest BCUT2D eigenvalue weighted by atomic mass is 35.5. The molecule has 0 atom stereocenters. The highest BCUT2D eigenvalue weighted by Gasteiger charge is 2.09. The van der Waals surface area contributed by atoms with Gasteiger partial charge in [-0.1, -0.05) is 11.6 Å². The molecule has 0 radical (unpaired) electrons. The van der Waals surface area contributed by atoms with Crippen molar-refractivity contribution >= 4 is 23.2 Å². The summed E-state index contributed by atoms with van der Waals surface area (Å²) in [7, 11) is 0. The fraction of sp³-hybridized carbons (Fsp3) is 0.562. The van der Waals surface area contributed by atoms with E-state index in [0.717, 1.165) is 50.6 Å². The number of rotatable bonds is 7. The predicted molar refractivity (Wildman–Crippen MR) is 89.6 cm³/mol. The van der Waals surface area contributed by atoms with Crippen molar-refractivity contribution in [3.8, 4) is 0 Å². The van der Waals surface area contributed by atoms with Crippen LogP contribution in [-0.4, -0.2) is 56.7 Å². The van der Waals surface area contributed by atoms with E-state index >= 15 is 0 Å². The number of halogens is 1. The summed E-state index contributed by atoms with van der Waals surface area (Å²) >= 11 is 5.90.